The number of aromatic amines is 1. The molecule has 0 saturated heterocycles. The lowest BCUT2D eigenvalue weighted by molar-refractivity contribution is -0.137. The van der Waals surface area contributed by atoms with Crippen molar-refractivity contribution in [2.45, 2.75) is 19.1 Å². The highest BCUT2D eigenvalue weighted by molar-refractivity contribution is 5.81. The molecule has 0 saturated carbocycles. The number of fused-ring (bicyclic) bond motifs is 1. The quantitative estimate of drug-likeness (QED) is 0.465. The van der Waals surface area contributed by atoms with Gasteiger partial charge in [0.2, 0.25) is 0 Å². The molecule has 142 valence electrons. The number of hydrogen-bond acceptors (Lipinski definition) is 1. The van der Waals surface area contributed by atoms with Gasteiger partial charge < -0.3 is 15.6 Å². The summed E-state index contributed by atoms with van der Waals surface area (Å²) in [7, 11) is 1.68. The average Bonchev–Trinajstić information content (AvgIpc) is 3.07. The monoisotopic (exact) mass is 374 g/mol. The Labute approximate surface area is 155 Å². The van der Waals surface area contributed by atoms with E-state index in [1.54, 1.807) is 7.05 Å². The minimum atomic E-state index is -4.30. The molecule has 0 spiro atoms. The number of hydrogen-bond donors (Lipinski definition) is 3. The lowest BCUT2D eigenvalue weighted by Crippen LogP contribution is -2.37. The van der Waals surface area contributed by atoms with Gasteiger partial charge in [-0.25, -0.2) is 0 Å². The Morgan fingerprint density at radius 2 is 1.78 bits per heavy atom. The van der Waals surface area contributed by atoms with Gasteiger partial charge in [0, 0.05) is 24.8 Å². The van der Waals surface area contributed by atoms with E-state index >= 15 is 0 Å². The molecule has 3 rings (SSSR count). The van der Waals surface area contributed by atoms with Crippen molar-refractivity contribution in [3.8, 4) is 0 Å². The fourth-order valence-corrected chi connectivity index (χ4v) is 2.81. The summed E-state index contributed by atoms with van der Waals surface area (Å²) >= 11 is 0. The van der Waals surface area contributed by atoms with E-state index in [1.165, 1.54) is 12.1 Å². The number of para-hydroxylation sites is 1. The molecule has 0 bridgehead atoms. The van der Waals surface area contributed by atoms with E-state index in [-0.39, 0.29) is 0 Å². The van der Waals surface area contributed by atoms with Gasteiger partial charge in [0.25, 0.3) is 0 Å². The largest absolute Gasteiger partial charge is 0.416 e. The highest BCUT2D eigenvalue weighted by atomic mass is 19.4. The molecule has 2 aromatic carbocycles. The lowest BCUT2D eigenvalue weighted by atomic mass is 10.1. The summed E-state index contributed by atoms with van der Waals surface area (Å²) in [5.41, 5.74) is 2.33. The Bertz CT molecular complexity index is 878. The first-order valence-electron chi connectivity index (χ1n) is 8.63. The highest BCUT2D eigenvalue weighted by Crippen LogP contribution is 2.29. The number of rotatable bonds is 5. The van der Waals surface area contributed by atoms with Crippen LogP contribution in [0.5, 0.6) is 0 Å². The van der Waals surface area contributed by atoms with Crippen LogP contribution in [-0.2, 0) is 19.1 Å². The van der Waals surface area contributed by atoms with E-state index in [1.807, 2.05) is 24.3 Å². The van der Waals surface area contributed by atoms with Crippen LogP contribution in [0.2, 0.25) is 0 Å². The summed E-state index contributed by atoms with van der Waals surface area (Å²) in [6.07, 6.45) is -3.70. The Morgan fingerprint density at radius 3 is 2.44 bits per heavy atom. The summed E-state index contributed by atoms with van der Waals surface area (Å²) in [5, 5.41) is 7.54. The van der Waals surface area contributed by atoms with E-state index < -0.39 is 11.7 Å². The van der Waals surface area contributed by atoms with Gasteiger partial charge in [-0.1, -0.05) is 30.3 Å². The highest BCUT2D eigenvalue weighted by Gasteiger charge is 2.29. The van der Waals surface area contributed by atoms with Crippen molar-refractivity contribution in [3.05, 3.63) is 71.4 Å². The zero-order valence-corrected chi connectivity index (χ0v) is 14.9. The molecule has 3 aromatic rings. The van der Waals surface area contributed by atoms with Gasteiger partial charge in [0.05, 0.1) is 12.1 Å². The predicted molar refractivity (Wildman–Crippen MR) is 102 cm³/mol. The second-order valence-corrected chi connectivity index (χ2v) is 6.18. The van der Waals surface area contributed by atoms with Crippen molar-refractivity contribution in [2.75, 3.05) is 13.6 Å². The third-order valence-corrected chi connectivity index (χ3v) is 4.24. The lowest BCUT2D eigenvalue weighted by Gasteiger charge is -2.12. The normalized spacial score (nSPS) is 12.4. The van der Waals surface area contributed by atoms with Crippen LogP contribution in [0.4, 0.5) is 13.2 Å². The minimum absolute atomic E-state index is 0.567. The van der Waals surface area contributed by atoms with Crippen molar-refractivity contribution in [2.24, 2.45) is 4.99 Å². The molecule has 0 aliphatic heterocycles. The third-order valence-electron chi connectivity index (χ3n) is 4.24. The number of aromatic nitrogens is 1. The van der Waals surface area contributed by atoms with Gasteiger partial charge in [-0.05, 0) is 41.6 Å². The molecule has 0 amide bonds. The van der Waals surface area contributed by atoms with E-state index in [0.29, 0.717) is 25.5 Å². The molecule has 7 heteroatoms. The number of H-pyrrole nitrogens is 1. The second-order valence-electron chi connectivity index (χ2n) is 6.18. The van der Waals surface area contributed by atoms with E-state index in [2.05, 4.69) is 26.7 Å². The number of aliphatic imine (C=N–C) groups is 1. The number of benzene rings is 2. The maximum absolute atomic E-state index is 12.6. The molecule has 0 unspecified atom stereocenters. The SMILES string of the molecule is CN=C(NCCc1ccc(C(F)(F)F)cc1)NCc1cc2ccccc2[nH]1. The van der Waals surface area contributed by atoms with Crippen molar-refractivity contribution in [3.63, 3.8) is 0 Å². The van der Waals surface area contributed by atoms with Gasteiger partial charge in [0.15, 0.2) is 5.96 Å². The van der Waals surface area contributed by atoms with Crippen LogP contribution in [0.15, 0.2) is 59.6 Å². The maximum atomic E-state index is 12.6. The second kappa shape index (κ2) is 8.16. The van der Waals surface area contributed by atoms with Gasteiger partial charge in [-0.2, -0.15) is 13.2 Å². The first-order valence-corrected chi connectivity index (χ1v) is 8.63. The Hall–Kier alpha value is -2.96. The van der Waals surface area contributed by atoms with Gasteiger partial charge in [-0.3, -0.25) is 4.99 Å². The van der Waals surface area contributed by atoms with Crippen molar-refractivity contribution >= 4 is 16.9 Å². The van der Waals surface area contributed by atoms with E-state index in [0.717, 1.165) is 34.3 Å². The van der Waals surface area contributed by atoms with Gasteiger partial charge >= 0.3 is 6.18 Å². The Morgan fingerprint density at radius 1 is 1.04 bits per heavy atom. The van der Waals surface area contributed by atoms with Crippen LogP contribution in [0, 0.1) is 0 Å². The molecule has 27 heavy (non-hydrogen) atoms. The molecule has 0 aliphatic rings. The molecule has 0 atom stereocenters. The molecule has 3 N–H and O–H groups in total. The number of guanidine groups is 1. The molecule has 1 heterocycles. The average molecular weight is 374 g/mol. The molecule has 0 fully saturated rings. The fraction of sp³-hybridized carbons (Fsp3) is 0.250. The van der Waals surface area contributed by atoms with Crippen molar-refractivity contribution < 1.29 is 13.2 Å². The first-order chi connectivity index (χ1) is 13.0. The summed E-state index contributed by atoms with van der Waals surface area (Å²) in [5.74, 6) is 0.639. The summed E-state index contributed by atoms with van der Waals surface area (Å²) in [6, 6.07) is 15.4. The fourth-order valence-electron chi connectivity index (χ4n) is 2.81. The van der Waals surface area contributed by atoms with E-state index in [4.69, 9.17) is 0 Å². The van der Waals surface area contributed by atoms with Crippen LogP contribution in [0.1, 0.15) is 16.8 Å². The Balaban J connectivity index is 1.47. The summed E-state index contributed by atoms with van der Waals surface area (Å²) in [4.78, 5) is 7.50. The number of halogens is 3. The molecule has 1 aromatic heterocycles. The van der Waals surface area contributed by atoms with Crippen LogP contribution in [0.3, 0.4) is 0 Å². The van der Waals surface area contributed by atoms with Gasteiger partial charge in [0.1, 0.15) is 0 Å². The van der Waals surface area contributed by atoms with Crippen LogP contribution in [0.25, 0.3) is 10.9 Å². The molecule has 4 nitrogen and oxygen atoms in total. The topological polar surface area (TPSA) is 52.2 Å². The maximum Gasteiger partial charge on any atom is 0.416 e. The molecular weight excluding hydrogens is 353 g/mol. The van der Waals surface area contributed by atoms with Gasteiger partial charge in [-0.15, -0.1) is 0 Å². The van der Waals surface area contributed by atoms with Crippen LogP contribution >= 0.6 is 0 Å². The smallest absolute Gasteiger partial charge is 0.357 e. The van der Waals surface area contributed by atoms with Crippen LogP contribution in [-0.4, -0.2) is 24.5 Å². The molecular formula is C20H21F3N4. The minimum Gasteiger partial charge on any atom is -0.357 e. The van der Waals surface area contributed by atoms with E-state index in [9.17, 15) is 13.2 Å². The standard InChI is InChI=1S/C20H21F3N4/c1-24-19(26-13-17-12-15-4-2-3-5-18(15)27-17)25-11-10-14-6-8-16(9-7-14)20(21,22)23/h2-9,12,27H,10-11,13H2,1H3,(H2,24,25,26). The van der Waals surface area contributed by atoms with Crippen molar-refractivity contribution in [1.82, 2.24) is 15.6 Å². The zero-order valence-electron chi connectivity index (χ0n) is 14.9. The Kier molecular flexibility index (Phi) is 5.69. The zero-order chi connectivity index (χ0) is 19.3. The first kappa shape index (κ1) is 18.8. The summed E-state index contributed by atoms with van der Waals surface area (Å²) in [6.45, 7) is 1.16. The predicted octanol–water partition coefficient (Wildman–Crippen LogP) is 4.09. The molecule has 0 radical (unpaired) electrons. The summed E-state index contributed by atoms with van der Waals surface area (Å²) < 4.78 is 37.7. The molecule has 0 aliphatic carbocycles. The number of alkyl halides is 3. The van der Waals surface area contributed by atoms with Crippen LogP contribution < -0.4 is 10.6 Å². The number of nitrogens with one attached hydrogen (secondary N) is 3. The third kappa shape index (κ3) is 5.03. The number of nitrogens with zero attached hydrogens (tertiary/aromatic N) is 1. The van der Waals surface area contributed by atoms with Crippen molar-refractivity contribution in [1.29, 1.82) is 0 Å².